The van der Waals surface area contributed by atoms with E-state index in [1.54, 1.807) is 0 Å². The maximum atomic E-state index is 12.4. The summed E-state index contributed by atoms with van der Waals surface area (Å²) in [5.41, 5.74) is -0.174. The Balaban J connectivity index is 2.83. The zero-order valence-corrected chi connectivity index (χ0v) is 12.9. The molecule has 8 heteroatoms. The average molecular weight is 296 g/mol. The Bertz CT molecular complexity index is 752. The van der Waals surface area contributed by atoms with Crippen LogP contribution in [0.4, 0.5) is 0 Å². The number of imidazole rings is 1. The summed E-state index contributed by atoms with van der Waals surface area (Å²) in [6, 6.07) is 0. The Morgan fingerprint density at radius 3 is 2.38 bits per heavy atom. The van der Waals surface area contributed by atoms with Crippen molar-refractivity contribution in [1.29, 1.82) is 0 Å². The molecule has 0 aliphatic rings. The molecule has 8 nitrogen and oxygen atoms in total. The number of ether oxygens (including phenoxy) is 2. The molecule has 0 fully saturated rings. The molecule has 0 aliphatic heterocycles. The lowest BCUT2D eigenvalue weighted by molar-refractivity contribution is -0.153. The molecule has 0 spiro atoms. The van der Waals surface area contributed by atoms with E-state index in [4.69, 9.17) is 9.47 Å². The smallest absolute Gasteiger partial charge is 0.332 e. The summed E-state index contributed by atoms with van der Waals surface area (Å²) in [5.74, 6) is 0.245. The second kappa shape index (κ2) is 5.82. The molecule has 0 unspecified atom stereocenters. The monoisotopic (exact) mass is 296 g/mol. The van der Waals surface area contributed by atoms with E-state index < -0.39 is 12.0 Å². The quantitative estimate of drug-likeness (QED) is 0.741. The van der Waals surface area contributed by atoms with E-state index in [9.17, 15) is 9.59 Å². The predicted molar refractivity (Wildman–Crippen MR) is 77.1 cm³/mol. The molecule has 0 aromatic carbocycles. The topological polar surface area (TPSA) is 80.3 Å². The Hall–Kier alpha value is -1.93. The molecular formula is C13H20N4O4. The predicted octanol–water partition coefficient (Wildman–Crippen LogP) is 0.302. The number of rotatable bonds is 5. The molecule has 21 heavy (non-hydrogen) atoms. The lowest BCUT2D eigenvalue weighted by Gasteiger charge is -2.16. The van der Waals surface area contributed by atoms with Crippen molar-refractivity contribution in [2.75, 3.05) is 14.2 Å². The highest BCUT2D eigenvalue weighted by Crippen LogP contribution is 2.15. The van der Waals surface area contributed by atoms with Crippen LogP contribution >= 0.6 is 0 Å². The highest BCUT2D eigenvalue weighted by molar-refractivity contribution is 5.70. The molecule has 0 N–H and O–H groups in total. The van der Waals surface area contributed by atoms with Gasteiger partial charge < -0.3 is 9.47 Å². The Morgan fingerprint density at radius 2 is 1.86 bits per heavy atom. The van der Waals surface area contributed by atoms with E-state index in [-0.39, 0.29) is 17.1 Å². The van der Waals surface area contributed by atoms with Crippen LogP contribution in [0.3, 0.4) is 0 Å². The van der Waals surface area contributed by atoms with Gasteiger partial charge in [0.15, 0.2) is 11.2 Å². The van der Waals surface area contributed by atoms with E-state index >= 15 is 0 Å². The molecule has 0 saturated heterocycles. The van der Waals surface area contributed by atoms with Gasteiger partial charge in [0.2, 0.25) is 6.41 Å². The van der Waals surface area contributed by atoms with Crippen LogP contribution in [0.1, 0.15) is 20.3 Å². The minimum absolute atomic E-state index is 0.245. The summed E-state index contributed by atoms with van der Waals surface area (Å²) in [6.45, 7) is 4.46. The first-order valence-corrected chi connectivity index (χ1v) is 6.64. The summed E-state index contributed by atoms with van der Waals surface area (Å²) in [7, 11) is 4.39. The third-order valence-corrected chi connectivity index (χ3v) is 3.23. The van der Waals surface area contributed by atoms with Gasteiger partial charge in [0, 0.05) is 27.8 Å². The third kappa shape index (κ3) is 2.52. The maximum Gasteiger partial charge on any atom is 0.332 e. The van der Waals surface area contributed by atoms with Crippen molar-refractivity contribution >= 4 is 11.2 Å². The fourth-order valence-corrected chi connectivity index (χ4v) is 2.29. The van der Waals surface area contributed by atoms with Crippen molar-refractivity contribution in [3.05, 3.63) is 27.2 Å². The van der Waals surface area contributed by atoms with Crippen LogP contribution in [-0.2, 0) is 23.1 Å². The first-order chi connectivity index (χ1) is 9.92. The zero-order chi connectivity index (χ0) is 15.7. The molecule has 0 radical (unpaired) electrons. The Labute approximate surface area is 121 Å². The summed E-state index contributed by atoms with van der Waals surface area (Å²) >= 11 is 0. The van der Waals surface area contributed by atoms with Gasteiger partial charge in [-0.3, -0.25) is 18.5 Å². The van der Waals surface area contributed by atoms with E-state index in [1.165, 1.54) is 36.7 Å². The van der Waals surface area contributed by atoms with Crippen LogP contribution < -0.4 is 11.2 Å². The second-order valence-electron chi connectivity index (χ2n) is 5.25. The van der Waals surface area contributed by atoms with Gasteiger partial charge in [-0.25, -0.2) is 9.78 Å². The summed E-state index contributed by atoms with van der Waals surface area (Å²) in [5, 5.41) is 0. The van der Waals surface area contributed by atoms with Crippen molar-refractivity contribution < 1.29 is 9.47 Å². The van der Waals surface area contributed by atoms with Crippen LogP contribution in [-0.4, -0.2) is 32.9 Å². The second-order valence-corrected chi connectivity index (χ2v) is 5.25. The van der Waals surface area contributed by atoms with E-state index in [0.29, 0.717) is 12.2 Å². The molecule has 2 rings (SSSR count). The molecule has 2 heterocycles. The largest absolute Gasteiger partial charge is 0.338 e. The van der Waals surface area contributed by atoms with Gasteiger partial charge in [-0.15, -0.1) is 0 Å². The first kappa shape index (κ1) is 15.5. The van der Waals surface area contributed by atoms with Crippen LogP contribution in [0, 0.1) is 5.92 Å². The maximum absolute atomic E-state index is 12.4. The van der Waals surface area contributed by atoms with Gasteiger partial charge in [-0.1, -0.05) is 13.8 Å². The van der Waals surface area contributed by atoms with Crippen LogP contribution in [0.15, 0.2) is 15.9 Å². The Morgan fingerprint density at radius 1 is 1.24 bits per heavy atom. The molecule has 0 amide bonds. The summed E-state index contributed by atoms with van der Waals surface area (Å²) in [4.78, 5) is 28.9. The van der Waals surface area contributed by atoms with Gasteiger partial charge in [0.25, 0.3) is 5.56 Å². The fourth-order valence-electron chi connectivity index (χ4n) is 2.29. The van der Waals surface area contributed by atoms with Crippen molar-refractivity contribution in [2.45, 2.75) is 26.8 Å². The third-order valence-electron chi connectivity index (χ3n) is 3.23. The zero-order valence-electron chi connectivity index (χ0n) is 12.9. The van der Waals surface area contributed by atoms with Gasteiger partial charge in [0.1, 0.15) is 6.33 Å². The molecule has 116 valence electrons. The van der Waals surface area contributed by atoms with Gasteiger partial charge in [-0.2, -0.15) is 0 Å². The van der Waals surface area contributed by atoms with Gasteiger partial charge in [-0.05, 0) is 5.92 Å². The van der Waals surface area contributed by atoms with Crippen LogP contribution in [0.25, 0.3) is 11.2 Å². The van der Waals surface area contributed by atoms with Crippen molar-refractivity contribution in [1.82, 2.24) is 18.7 Å². The Kier molecular flexibility index (Phi) is 4.29. The molecule has 2 aromatic heterocycles. The molecule has 0 aliphatic carbocycles. The normalized spacial score (nSPS) is 12.0. The average Bonchev–Trinajstić information content (AvgIpc) is 2.87. The lowest BCUT2D eigenvalue weighted by atomic mass is 10.2. The molecule has 0 saturated carbocycles. The highest BCUT2D eigenvalue weighted by atomic mass is 16.7. The van der Waals surface area contributed by atoms with E-state index in [2.05, 4.69) is 4.98 Å². The molecule has 0 atom stereocenters. The van der Waals surface area contributed by atoms with Crippen molar-refractivity contribution in [2.24, 2.45) is 13.0 Å². The van der Waals surface area contributed by atoms with Gasteiger partial charge in [0.05, 0.1) is 0 Å². The standard InChI is InChI=1S/C13H20N4O4/c1-8(2)6-16-10-9(11(18)15(3)12(16)19)17(7-14-10)13(20-4)21-5/h7-8,13H,6H2,1-5H3. The minimum atomic E-state index is -0.771. The lowest BCUT2D eigenvalue weighted by Crippen LogP contribution is -2.39. The summed E-state index contributed by atoms with van der Waals surface area (Å²) < 4.78 is 14.4. The van der Waals surface area contributed by atoms with Gasteiger partial charge >= 0.3 is 5.69 Å². The molecule has 0 bridgehead atoms. The highest BCUT2D eigenvalue weighted by Gasteiger charge is 2.20. The fraction of sp³-hybridized carbons (Fsp3) is 0.615. The van der Waals surface area contributed by atoms with E-state index in [1.807, 2.05) is 13.8 Å². The number of hydrogen-bond donors (Lipinski definition) is 0. The minimum Gasteiger partial charge on any atom is -0.338 e. The first-order valence-electron chi connectivity index (χ1n) is 6.64. The van der Waals surface area contributed by atoms with Crippen molar-refractivity contribution in [3.63, 3.8) is 0 Å². The number of hydrogen-bond acceptors (Lipinski definition) is 5. The number of fused-ring (bicyclic) bond motifs is 1. The molecule has 2 aromatic rings. The number of methoxy groups -OCH3 is 2. The van der Waals surface area contributed by atoms with Crippen LogP contribution in [0.2, 0.25) is 0 Å². The van der Waals surface area contributed by atoms with E-state index in [0.717, 1.165) is 4.57 Å². The summed E-state index contributed by atoms with van der Waals surface area (Å²) in [6.07, 6.45) is 0.674. The molecular weight excluding hydrogens is 276 g/mol. The number of nitrogens with zero attached hydrogens (tertiary/aromatic N) is 4. The SMILES string of the molecule is COC(OC)n1cnc2c1c(=O)n(C)c(=O)n2CC(C)C. The van der Waals surface area contributed by atoms with Crippen LogP contribution in [0.5, 0.6) is 0 Å². The number of aromatic nitrogens is 4. The van der Waals surface area contributed by atoms with Crippen molar-refractivity contribution in [3.8, 4) is 0 Å².